The van der Waals surface area contributed by atoms with Gasteiger partial charge in [0.2, 0.25) is 5.91 Å². The molecule has 0 aromatic heterocycles. The van der Waals surface area contributed by atoms with Gasteiger partial charge in [0.05, 0.1) is 11.1 Å². The van der Waals surface area contributed by atoms with Crippen LogP contribution in [0.1, 0.15) is 29.3 Å². The number of carbonyl (C=O) groups is 2. The van der Waals surface area contributed by atoms with E-state index < -0.39 is 23.6 Å². The van der Waals surface area contributed by atoms with Crippen LogP contribution in [0.2, 0.25) is 0 Å². The summed E-state index contributed by atoms with van der Waals surface area (Å²) in [4.78, 5) is 22.5. The van der Waals surface area contributed by atoms with Crippen molar-refractivity contribution in [2.24, 2.45) is 5.73 Å². The normalized spacial score (nSPS) is 11.0. The van der Waals surface area contributed by atoms with E-state index in [-0.39, 0.29) is 18.5 Å². The van der Waals surface area contributed by atoms with E-state index in [1.807, 2.05) is 0 Å². The van der Waals surface area contributed by atoms with E-state index >= 15 is 0 Å². The highest BCUT2D eigenvalue weighted by Crippen LogP contribution is 2.31. The Bertz CT molecular complexity index is 530. The minimum atomic E-state index is -4.53. The Labute approximate surface area is 119 Å². The van der Waals surface area contributed by atoms with Crippen molar-refractivity contribution in [3.8, 4) is 0 Å². The van der Waals surface area contributed by atoms with E-state index in [0.717, 1.165) is 12.1 Å². The molecule has 0 fully saturated rings. The number of hydrogen-bond acceptors (Lipinski definition) is 3. The van der Waals surface area contributed by atoms with Gasteiger partial charge in [-0.05, 0) is 25.1 Å². The molecule has 1 rings (SSSR count). The fourth-order valence-electron chi connectivity index (χ4n) is 1.65. The molecule has 8 heteroatoms. The number of rotatable bonds is 6. The minimum absolute atomic E-state index is 0.0318. The van der Waals surface area contributed by atoms with Gasteiger partial charge in [-0.25, -0.2) is 0 Å². The molecule has 1 aromatic carbocycles. The van der Waals surface area contributed by atoms with Gasteiger partial charge >= 0.3 is 6.18 Å². The first kappa shape index (κ1) is 16.8. The van der Waals surface area contributed by atoms with Crippen molar-refractivity contribution in [1.82, 2.24) is 5.32 Å². The third-order valence-electron chi connectivity index (χ3n) is 2.62. The van der Waals surface area contributed by atoms with Crippen LogP contribution in [-0.4, -0.2) is 24.9 Å². The number of alkyl halides is 3. The zero-order valence-electron chi connectivity index (χ0n) is 11.4. The third kappa shape index (κ3) is 4.97. The second-order valence-corrected chi connectivity index (χ2v) is 4.26. The Morgan fingerprint density at radius 2 is 1.95 bits per heavy atom. The maximum Gasteiger partial charge on any atom is 0.416 e. The molecule has 4 N–H and O–H groups in total. The highest BCUT2D eigenvalue weighted by molar-refractivity contribution is 6.00. The number of nitrogens with one attached hydrogen (secondary N) is 2. The van der Waals surface area contributed by atoms with Crippen LogP contribution in [0.4, 0.5) is 18.9 Å². The highest BCUT2D eigenvalue weighted by atomic mass is 19.4. The van der Waals surface area contributed by atoms with Gasteiger partial charge in [-0.15, -0.1) is 0 Å². The number of nitrogens with two attached hydrogens (primary N) is 1. The molecule has 0 aliphatic rings. The van der Waals surface area contributed by atoms with Crippen molar-refractivity contribution in [3.05, 3.63) is 29.3 Å². The van der Waals surface area contributed by atoms with Crippen LogP contribution >= 0.6 is 0 Å². The largest absolute Gasteiger partial charge is 0.416 e. The van der Waals surface area contributed by atoms with E-state index in [1.165, 1.54) is 6.07 Å². The zero-order chi connectivity index (χ0) is 16.0. The topological polar surface area (TPSA) is 84.2 Å². The summed E-state index contributed by atoms with van der Waals surface area (Å²) in [5.74, 6) is -1.30. The summed E-state index contributed by atoms with van der Waals surface area (Å²) in [6.07, 6.45) is -4.62. The summed E-state index contributed by atoms with van der Waals surface area (Å²) in [7, 11) is 0. The Balaban J connectivity index is 2.99. The molecule has 0 radical (unpaired) electrons. The van der Waals surface area contributed by atoms with Crippen LogP contribution < -0.4 is 16.4 Å². The predicted molar refractivity (Wildman–Crippen MR) is 71.8 cm³/mol. The summed E-state index contributed by atoms with van der Waals surface area (Å²) in [5, 5.41) is 5.18. The number of benzene rings is 1. The third-order valence-corrected chi connectivity index (χ3v) is 2.62. The Hall–Kier alpha value is -2.25. The summed E-state index contributed by atoms with van der Waals surface area (Å²) in [6.45, 7) is 2.18. The van der Waals surface area contributed by atoms with Crippen molar-refractivity contribution in [1.29, 1.82) is 0 Å². The standard InChI is InChI=1S/C13H16F3N3O2/c1-2-18-10-4-3-8(13(14,15)16)7-9(10)12(21)19-6-5-11(17)20/h3-4,7,18H,2,5-6H2,1H3,(H2,17,20)(H,19,21). The van der Waals surface area contributed by atoms with E-state index in [2.05, 4.69) is 10.6 Å². The Kier molecular flexibility index (Phi) is 5.57. The average molecular weight is 303 g/mol. The Morgan fingerprint density at radius 3 is 2.48 bits per heavy atom. The van der Waals surface area contributed by atoms with Crippen LogP contribution in [0, 0.1) is 0 Å². The summed E-state index contributed by atoms with van der Waals surface area (Å²) in [6, 6.07) is 2.88. The second kappa shape index (κ2) is 6.96. The lowest BCUT2D eigenvalue weighted by molar-refractivity contribution is -0.137. The first-order valence-corrected chi connectivity index (χ1v) is 6.27. The molecule has 1 aromatic rings. The summed E-state index contributed by atoms with van der Waals surface area (Å²) >= 11 is 0. The lowest BCUT2D eigenvalue weighted by Crippen LogP contribution is -2.28. The molecule has 0 aliphatic carbocycles. The van der Waals surface area contributed by atoms with Crippen molar-refractivity contribution in [2.75, 3.05) is 18.4 Å². The molecular weight excluding hydrogens is 287 g/mol. The summed E-state index contributed by atoms with van der Waals surface area (Å²) in [5.41, 5.74) is 4.18. The van der Waals surface area contributed by atoms with Gasteiger partial charge in [0.15, 0.2) is 0 Å². The van der Waals surface area contributed by atoms with Crippen molar-refractivity contribution in [3.63, 3.8) is 0 Å². The van der Waals surface area contributed by atoms with Crippen LogP contribution in [-0.2, 0) is 11.0 Å². The van der Waals surface area contributed by atoms with Gasteiger partial charge in [0, 0.05) is 25.2 Å². The molecular formula is C13H16F3N3O2. The van der Waals surface area contributed by atoms with E-state index in [0.29, 0.717) is 12.2 Å². The van der Waals surface area contributed by atoms with Gasteiger partial charge in [0.1, 0.15) is 0 Å². The first-order valence-electron chi connectivity index (χ1n) is 6.27. The molecule has 5 nitrogen and oxygen atoms in total. The van der Waals surface area contributed by atoms with Gasteiger partial charge in [-0.3, -0.25) is 9.59 Å². The molecule has 0 bridgehead atoms. The monoisotopic (exact) mass is 303 g/mol. The molecule has 0 spiro atoms. The molecule has 2 amide bonds. The fraction of sp³-hybridized carbons (Fsp3) is 0.385. The number of amides is 2. The maximum atomic E-state index is 12.7. The van der Waals surface area contributed by atoms with Crippen molar-refractivity contribution < 1.29 is 22.8 Å². The molecule has 0 saturated carbocycles. The fourth-order valence-corrected chi connectivity index (χ4v) is 1.65. The van der Waals surface area contributed by atoms with Crippen LogP contribution in [0.5, 0.6) is 0 Å². The minimum Gasteiger partial charge on any atom is -0.385 e. The van der Waals surface area contributed by atoms with Gasteiger partial charge in [0.25, 0.3) is 5.91 Å². The lowest BCUT2D eigenvalue weighted by atomic mass is 10.1. The number of anilines is 1. The van der Waals surface area contributed by atoms with Gasteiger partial charge in [-0.2, -0.15) is 13.2 Å². The van der Waals surface area contributed by atoms with E-state index in [9.17, 15) is 22.8 Å². The molecule has 0 unspecified atom stereocenters. The van der Waals surface area contributed by atoms with Crippen LogP contribution in [0.3, 0.4) is 0 Å². The average Bonchev–Trinajstić information content (AvgIpc) is 2.37. The molecule has 0 heterocycles. The highest BCUT2D eigenvalue weighted by Gasteiger charge is 2.31. The van der Waals surface area contributed by atoms with E-state index in [1.54, 1.807) is 6.92 Å². The SMILES string of the molecule is CCNc1ccc(C(F)(F)F)cc1C(=O)NCCC(N)=O. The van der Waals surface area contributed by atoms with Crippen LogP contribution in [0.15, 0.2) is 18.2 Å². The van der Waals surface area contributed by atoms with Crippen LogP contribution in [0.25, 0.3) is 0 Å². The lowest BCUT2D eigenvalue weighted by Gasteiger charge is -2.14. The van der Waals surface area contributed by atoms with Crippen molar-refractivity contribution >= 4 is 17.5 Å². The van der Waals surface area contributed by atoms with Gasteiger partial charge < -0.3 is 16.4 Å². The van der Waals surface area contributed by atoms with Crippen molar-refractivity contribution in [2.45, 2.75) is 19.5 Å². The number of halogens is 3. The first-order chi connectivity index (χ1) is 9.75. The molecule has 0 atom stereocenters. The Morgan fingerprint density at radius 1 is 1.29 bits per heavy atom. The quantitative estimate of drug-likeness (QED) is 0.748. The number of primary amides is 1. The smallest absolute Gasteiger partial charge is 0.385 e. The molecule has 116 valence electrons. The summed E-state index contributed by atoms with van der Waals surface area (Å²) < 4.78 is 38.1. The predicted octanol–water partition coefficient (Wildman–Crippen LogP) is 1.74. The number of hydrogen-bond donors (Lipinski definition) is 3. The zero-order valence-corrected chi connectivity index (χ0v) is 11.4. The molecule has 21 heavy (non-hydrogen) atoms. The molecule has 0 saturated heterocycles. The second-order valence-electron chi connectivity index (χ2n) is 4.26. The maximum absolute atomic E-state index is 12.7. The molecule has 0 aliphatic heterocycles. The van der Waals surface area contributed by atoms with Gasteiger partial charge in [-0.1, -0.05) is 0 Å². The van der Waals surface area contributed by atoms with E-state index in [4.69, 9.17) is 5.73 Å². The number of carbonyl (C=O) groups excluding carboxylic acids is 2.